The lowest BCUT2D eigenvalue weighted by Crippen LogP contribution is -1.85. The number of aromatic nitrogens is 2. The Morgan fingerprint density at radius 2 is 1.87 bits per heavy atom. The van der Waals surface area contributed by atoms with Crippen LogP contribution in [-0.2, 0) is 0 Å². The summed E-state index contributed by atoms with van der Waals surface area (Å²) in [4.78, 5) is 9.43. The fraction of sp³-hybridized carbons (Fsp3) is 0.0909. The second kappa shape index (κ2) is 4.64. The minimum atomic E-state index is 0.418. The maximum absolute atomic E-state index is 5.78. The van der Waals surface area contributed by atoms with Crippen molar-refractivity contribution in [2.45, 2.75) is 4.90 Å². The predicted octanol–water partition coefficient (Wildman–Crippen LogP) is 3.52. The summed E-state index contributed by atoms with van der Waals surface area (Å²) < 4.78 is 0. The molecule has 0 aliphatic rings. The molecule has 0 saturated heterocycles. The van der Waals surface area contributed by atoms with Gasteiger partial charge in [-0.25, -0.2) is 4.98 Å². The summed E-state index contributed by atoms with van der Waals surface area (Å²) in [6.07, 6.45) is 5.29. The highest BCUT2D eigenvalue weighted by Gasteiger charge is 2.00. The van der Waals surface area contributed by atoms with E-state index in [9.17, 15) is 0 Å². The molecule has 1 aromatic heterocycles. The van der Waals surface area contributed by atoms with Gasteiger partial charge in [0, 0.05) is 10.5 Å². The van der Waals surface area contributed by atoms with Crippen molar-refractivity contribution in [3.8, 4) is 11.3 Å². The first kappa shape index (κ1) is 10.5. The normalized spacial score (nSPS) is 10.3. The van der Waals surface area contributed by atoms with Crippen molar-refractivity contribution in [2.75, 3.05) is 6.26 Å². The molecule has 0 aliphatic heterocycles. The van der Waals surface area contributed by atoms with E-state index in [1.54, 1.807) is 18.0 Å². The van der Waals surface area contributed by atoms with E-state index in [4.69, 9.17) is 11.6 Å². The van der Waals surface area contributed by atoms with Crippen molar-refractivity contribution in [3.63, 3.8) is 0 Å². The third kappa shape index (κ3) is 2.49. The zero-order valence-electron chi connectivity index (χ0n) is 8.14. The van der Waals surface area contributed by atoms with Crippen molar-refractivity contribution in [1.29, 1.82) is 0 Å². The van der Waals surface area contributed by atoms with Crippen molar-refractivity contribution in [1.82, 2.24) is 9.97 Å². The second-order valence-corrected chi connectivity index (χ2v) is 4.22. The molecule has 0 atom stereocenters. The fourth-order valence-electron chi connectivity index (χ4n) is 1.24. The molecule has 15 heavy (non-hydrogen) atoms. The fourth-order valence-corrected chi connectivity index (χ4v) is 1.80. The zero-order chi connectivity index (χ0) is 10.7. The van der Waals surface area contributed by atoms with Gasteiger partial charge < -0.3 is 0 Å². The van der Waals surface area contributed by atoms with Gasteiger partial charge in [0.2, 0.25) is 0 Å². The molecule has 1 heterocycles. The van der Waals surface area contributed by atoms with E-state index in [1.807, 2.05) is 18.4 Å². The molecule has 0 N–H and O–H groups in total. The van der Waals surface area contributed by atoms with Gasteiger partial charge in [-0.1, -0.05) is 23.7 Å². The van der Waals surface area contributed by atoms with Crippen LogP contribution in [0.4, 0.5) is 0 Å². The first-order valence-corrected chi connectivity index (χ1v) is 6.02. The lowest BCUT2D eigenvalue weighted by atomic mass is 10.2. The molecule has 0 spiro atoms. The Morgan fingerprint density at radius 1 is 1.13 bits per heavy atom. The van der Waals surface area contributed by atoms with Gasteiger partial charge in [0.25, 0.3) is 0 Å². The Bertz CT molecular complexity index is 456. The summed E-state index contributed by atoms with van der Waals surface area (Å²) in [7, 11) is 0. The summed E-state index contributed by atoms with van der Waals surface area (Å²) in [5.74, 6) is 0. The van der Waals surface area contributed by atoms with Crippen LogP contribution >= 0.6 is 23.4 Å². The van der Waals surface area contributed by atoms with Crippen LogP contribution in [0.15, 0.2) is 41.6 Å². The van der Waals surface area contributed by atoms with E-state index >= 15 is 0 Å². The minimum absolute atomic E-state index is 0.418. The van der Waals surface area contributed by atoms with Gasteiger partial charge in [-0.15, -0.1) is 11.8 Å². The van der Waals surface area contributed by atoms with E-state index in [0.29, 0.717) is 5.15 Å². The van der Waals surface area contributed by atoms with Gasteiger partial charge in [0.1, 0.15) is 5.15 Å². The molecule has 4 heteroatoms. The third-order valence-electron chi connectivity index (χ3n) is 1.99. The van der Waals surface area contributed by atoms with Crippen molar-refractivity contribution in [2.24, 2.45) is 0 Å². The van der Waals surface area contributed by atoms with Crippen molar-refractivity contribution < 1.29 is 0 Å². The number of thioether (sulfide) groups is 1. The number of benzene rings is 1. The van der Waals surface area contributed by atoms with Crippen LogP contribution < -0.4 is 0 Å². The summed E-state index contributed by atoms with van der Waals surface area (Å²) >= 11 is 7.49. The molecule has 0 saturated carbocycles. The molecular formula is C11H9ClN2S. The minimum Gasteiger partial charge on any atom is -0.259 e. The van der Waals surface area contributed by atoms with Crippen LogP contribution in [0, 0.1) is 0 Å². The van der Waals surface area contributed by atoms with Gasteiger partial charge in [0.15, 0.2) is 0 Å². The van der Waals surface area contributed by atoms with E-state index in [1.165, 1.54) is 11.1 Å². The molecule has 76 valence electrons. The second-order valence-electron chi connectivity index (χ2n) is 2.96. The Kier molecular flexibility index (Phi) is 3.23. The molecule has 0 fully saturated rings. The van der Waals surface area contributed by atoms with Crippen LogP contribution in [-0.4, -0.2) is 16.2 Å². The van der Waals surface area contributed by atoms with Crippen LogP contribution in [0.5, 0.6) is 0 Å². The lowest BCUT2D eigenvalue weighted by Gasteiger charge is -2.01. The Morgan fingerprint density at radius 3 is 2.47 bits per heavy atom. The van der Waals surface area contributed by atoms with E-state index in [2.05, 4.69) is 22.1 Å². The number of hydrogen-bond acceptors (Lipinski definition) is 3. The van der Waals surface area contributed by atoms with Gasteiger partial charge in [-0.05, 0) is 18.4 Å². The van der Waals surface area contributed by atoms with Gasteiger partial charge in [0.05, 0.1) is 18.1 Å². The van der Waals surface area contributed by atoms with Crippen molar-refractivity contribution in [3.05, 3.63) is 41.8 Å². The molecule has 2 aromatic rings. The van der Waals surface area contributed by atoms with E-state index in [0.717, 1.165) is 11.3 Å². The van der Waals surface area contributed by atoms with Crippen LogP contribution in [0.1, 0.15) is 0 Å². The molecule has 0 bridgehead atoms. The average Bonchev–Trinajstić information content (AvgIpc) is 2.29. The first-order valence-electron chi connectivity index (χ1n) is 4.41. The smallest absolute Gasteiger partial charge is 0.148 e. The highest BCUT2D eigenvalue weighted by molar-refractivity contribution is 7.98. The molecule has 0 radical (unpaired) electrons. The molecule has 2 rings (SSSR count). The molecule has 1 aromatic carbocycles. The number of halogens is 1. The van der Waals surface area contributed by atoms with E-state index < -0.39 is 0 Å². The first-order chi connectivity index (χ1) is 7.29. The lowest BCUT2D eigenvalue weighted by molar-refractivity contribution is 1.20. The van der Waals surface area contributed by atoms with Gasteiger partial charge >= 0.3 is 0 Å². The van der Waals surface area contributed by atoms with Crippen molar-refractivity contribution >= 4 is 23.4 Å². The summed E-state index contributed by atoms with van der Waals surface area (Å²) in [5, 5.41) is 0.418. The Labute approximate surface area is 97.7 Å². The summed E-state index contributed by atoms with van der Waals surface area (Å²) in [5.41, 5.74) is 1.83. The number of nitrogens with zero attached hydrogens (tertiary/aromatic N) is 2. The SMILES string of the molecule is CSc1ccc(-c2cncc(Cl)n2)cc1. The molecule has 2 nitrogen and oxygen atoms in total. The maximum Gasteiger partial charge on any atom is 0.148 e. The monoisotopic (exact) mass is 236 g/mol. The third-order valence-corrected chi connectivity index (χ3v) is 2.92. The van der Waals surface area contributed by atoms with Gasteiger partial charge in [-0.2, -0.15) is 0 Å². The van der Waals surface area contributed by atoms with Crippen LogP contribution in [0.3, 0.4) is 0 Å². The number of hydrogen-bond donors (Lipinski definition) is 0. The molecule has 0 aliphatic carbocycles. The Hall–Kier alpha value is -1.06. The zero-order valence-corrected chi connectivity index (χ0v) is 9.72. The Balaban J connectivity index is 2.37. The van der Waals surface area contributed by atoms with Gasteiger partial charge in [-0.3, -0.25) is 4.98 Å². The predicted molar refractivity (Wildman–Crippen MR) is 64.3 cm³/mol. The molecule has 0 unspecified atom stereocenters. The quantitative estimate of drug-likeness (QED) is 0.747. The van der Waals surface area contributed by atoms with Crippen LogP contribution in [0.25, 0.3) is 11.3 Å². The highest BCUT2D eigenvalue weighted by atomic mass is 35.5. The maximum atomic E-state index is 5.78. The van der Waals surface area contributed by atoms with Crippen LogP contribution in [0.2, 0.25) is 5.15 Å². The largest absolute Gasteiger partial charge is 0.259 e. The molecule has 0 amide bonds. The standard InChI is InChI=1S/C11H9ClN2S/c1-15-9-4-2-8(3-5-9)10-6-13-7-11(12)14-10/h2-7H,1H3. The van der Waals surface area contributed by atoms with E-state index in [-0.39, 0.29) is 0 Å². The average molecular weight is 237 g/mol. The topological polar surface area (TPSA) is 25.8 Å². The summed E-state index contributed by atoms with van der Waals surface area (Å²) in [6.45, 7) is 0. The molecular weight excluding hydrogens is 228 g/mol. The highest BCUT2D eigenvalue weighted by Crippen LogP contribution is 2.21. The summed E-state index contributed by atoms with van der Waals surface area (Å²) in [6, 6.07) is 8.16. The number of rotatable bonds is 2.